The monoisotopic (exact) mass is 595 g/mol. The van der Waals surface area contributed by atoms with Gasteiger partial charge in [0.15, 0.2) is 0 Å². The Morgan fingerprint density at radius 2 is 1.86 bits per heavy atom. The zero-order valence-corrected chi connectivity index (χ0v) is 21.3. The third kappa shape index (κ3) is 4.79. The van der Waals surface area contributed by atoms with Gasteiger partial charge in [-0.15, -0.1) is 4.68 Å². The summed E-state index contributed by atoms with van der Waals surface area (Å²) in [6, 6.07) is 8.03. The van der Waals surface area contributed by atoms with E-state index >= 15 is 0 Å². The van der Waals surface area contributed by atoms with Gasteiger partial charge in [0.25, 0.3) is 0 Å². The third-order valence-electron chi connectivity index (χ3n) is 5.92. The molecular formula is C23H23FIN5O5. The normalized spacial score (nSPS) is 13.9. The molecule has 1 aliphatic rings. The van der Waals surface area contributed by atoms with E-state index in [0.717, 1.165) is 23.9 Å². The number of carbonyl (C=O) groups is 2. The van der Waals surface area contributed by atoms with Gasteiger partial charge in [-0.3, -0.25) is 4.90 Å². The van der Waals surface area contributed by atoms with Crippen LogP contribution in [-0.2, 0) is 4.74 Å². The van der Waals surface area contributed by atoms with Crippen LogP contribution in [-0.4, -0.2) is 52.1 Å². The van der Waals surface area contributed by atoms with Crippen molar-refractivity contribution in [2.24, 2.45) is 0 Å². The fourth-order valence-corrected chi connectivity index (χ4v) is 4.93. The van der Waals surface area contributed by atoms with Crippen molar-refractivity contribution in [3.63, 3.8) is 0 Å². The van der Waals surface area contributed by atoms with E-state index in [9.17, 15) is 18.8 Å². The zero-order valence-electron chi connectivity index (χ0n) is 19.1. The van der Waals surface area contributed by atoms with Crippen LogP contribution in [0.1, 0.15) is 42.5 Å². The number of aromatic nitrogens is 4. The molecule has 0 aliphatic heterocycles. The fourth-order valence-electron chi connectivity index (χ4n) is 4.23. The molecule has 35 heavy (non-hydrogen) atoms. The Kier molecular flexibility index (Phi) is 7.48. The minimum absolute atomic E-state index is 0.0845. The average Bonchev–Trinajstić information content (AvgIpc) is 3.25. The smallest absolute Gasteiger partial charge is 0.377 e. The molecule has 1 amide bonds. The summed E-state index contributed by atoms with van der Waals surface area (Å²) in [5.74, 6) is -1.01. The standard InChI is InChI=1S/C23H23FIN5O5/c1-34-19-12-11-15(13-16(19)21(31)35-2)28(14-7-4-3-5-8-14)22(32)30-23(33)29(26-27-30)20-17(24)9-6-10-18(20)25/h6,9-14H,3-5,7-8H2,1-2H3. The van der Waals surface area contributed by atoms with Gasteiger partial charge >= 0.3 is 17.7 Å². The van der Waals surface area contributed by atoms with E-state index in [1.54, 1.807) is 18.2 Å². The van der Waals surface area contributed by atoms with Crippen LogP contribution in [0, 0.1) is 9.39 Å². The van der Waals surface area contributed by atoms with Crippen molar-refractivity contribution >= 4 is 40.3 Å². The van der Waals surface area contributed by atoms with E-state index in [1.165, 1.54) is 37.3 Å². The van der Waals surface area contributed by atoms with Gasteiger partial charge in [-0.25, -0.2) is 18.8 Å². The fraction of sp³-hybridized carbons (Fsp3) is 0.348. The number of halogens is 2. The van der Waals surface area contributed by atoms with Gasteiger partial charge in [-0.05, 0) is 76.2 Å². The Hall–Kier alpha value is -3.29. The second-order valence-electron chi connectivity index (χ2n) is 7.98. The number of anilines is 1. The second kappa shape index (κ2) is 10.5. The van der Waals surface area contributed by atoms with Crippen LogP contribution < -0.4 is 15.3 Å². The first-order chi connectivity index (χ1) is 16.9. The van der Waals surface area contributed by atoms with E-state index in [4.69, 9.17) is 9.47 Å². The van der Waals surface area contributed by atoms with Crippen LogP contribution in [0.25, 0.3) is 5.69 Å². The number of hydrogen-bond acceptors (Lipinski definition) is 7. The summed E-state index contributed by atoms with van der Waals surface area (Å²) in [5.41, 5.74) is -0.470. The van der Waals surface area contributed by atoms with Crippen molar-refractivity contribution in [2.45, 2.75) is 38.1 Å². The molecule has 1 saturated carbocycles. The SMILES string of the molecule is COC(=O)c1cc(N(C(=O)n2nnn(-c3c(F)cccc3I)c2=O)C2CCCCC2)ccc1OC. The number of rotatable bonds is 5. The molecule has 0 N–H and O–H groups in total. The zero-order chi connectivity index (χ0) is 25.1. The predicted molar refractivity (Wildman–Crippen MR) is 133 cm³/mol. The Morgan fingerprint density at radius 3 is 2.51 bits per heavy atom. The summed E-state index contributed by atoms with van der Waals surface area (Å²) < 4.78 is 26.4. The summed E-state index contributed by atoms with van der Waals surface area (Å²) >= 11 is 1.88. The maximum absolute atomic E-state index is 14.5. The topological polar surface area (TPSA) is 109 Å². The van der Waals surface area contributed by atoms with E-state index in [2.05, 4.69) is 10.4 Å². The molecule has 4 rings (SSSR count). The quantitative estimate of drug-likeness (QED) is 0.251. The number of para-hydroxylation sites is 1. The Morgan fingerprint density at radius 1 is 1.11 bits per heavy atom. The van der Waals surface area contributed by atoms with Gasteiger partial charge in [-0.2, -0.15) is 4.68 Å². The largest absolute Gasteiger partial charge is 0.496 e. The molecule has 0 saturated heterocycles. The van der Waals surface area contributed by atoms with Gasteiger partial charge in [0, 0.05) is 15.3 Å². The molecule has 1 fully saturated rings. The van der Waals surface area contributed by atoms with Crippen molar-refractivity contribution in [1.82, 2.24) is 19.8 Å². The maximum Gasteiger partial charge on any atom is 0.377 e. The van der Waals surface area contributed by atoms with Crippen LogP contribution in [0.4, 0.5) is 14.9 Å². The maximum atomic E-state index is 14.5. The molecule has 0 atom stereocenters. The van der Waals surface area contributed by atoms with E-state index in [1.807, 2.05) is 22.6 Å². The lowest BCUT2D eigenvalue weighted by atomic mass is 9.94. The summed E-state index contributed by atoms with van der Waals surface area (Å²) in [4.78, 5) is 40.6. The molecule has 0 bridgehead atoms. The molecule has 0 unspecified atom stereocenters. The molecule has 1 aromatic heterocycles. The lowest BCUT2D eigenvalue weighted by Gasteiger charge is -2.34. The summed E-state index contributed by atoms with van der Waals surface area (Å²) in [6.45, 7) is 0. The van der Waals surface area contributed by atoms with Gasteiger partial charge < -0.3 is 9.47 Å². The number of ether oxygens (including phenoxy) is 2. The van der Waals surface area contributed by atoms with Crippen LogP contribution in [0.3, 0.4) is 0 Å². The third-order valence-corrected chi connectivity index (χ3v) is 6.79. The van der Waals surface area contributed by atoms with Crippen molar-refractivity contribution in [1.29, 1.82) is 0 Å². The average molecular weight is 595 g/mol. The summed E-state index contributed by atoms with van der Waals surface area (Å²) in [5, 5.41) is 7.53. The van der Waals surface area contributed by atoms with Crippen LogP contribution in [0.2, 0.25) is 0 Å². The van der Waals surface area contributed by atoms with Crippen molar-refractivity contribution in [3.8, 4) is 11.4 Å². The highest BCUT2D eigenvalue weighted by molar-refractivity contribution is 14.1. The molecule has 2 aromatic carbocycles. The summed E-state index contributed by atoms with van der Waals surface area (Å²) in [6.07, 6.45) is 4.27. The summed E-state index contributed by atoms with van der Waals surface area (Å²) in [7, 11) is 2.67. The Balaban J connectivity index is 1.81. The highest BCUT2D eigenvalue weighted by Crippen LogP contribution is 2.31. The number of hydrogen-bond donors (Lipinski definition) is 0. The molecular weight excluding hydrogens is 572 g/mol. The predicted octanol–water partition coefficient (Wildman–Crippen LogP) is 3.78. The molecule has 10 nitrogen and oxygen atoms in total. The molecule has 1 heterocycles. The lowest BCUT2D eigenvalue weighted by molar-refractivity contribution is 0.0597. The van der Waals surface area contributed by atoms with Crippen LogP contribution >= 0.6 is 22.6 Å². The molecule has 12 heteroatoms. The first-order valence-electron chi connectivity index (χ1n) is 11.0. The highest BCUT2D eigenvalue weighted by Gasteiger charge is 2.32. The number of benzene rings is 2. The van der Waals surface area contributed by atoms with Crippen molar-refractivity contribution in [3.05, 3.63) is 61.8 Å². The van der Waals surface area contributed by atoms with Gasteiger partial charge in [-0.1, -0.05) is 25.3 Å². The number of carbonyl (C=O) groups excluding carboxylic acids is 2. The number of nitrogens with zero attached hydrogens (tertiary/aromatic N) is 5. The molecule has 0 spiro atoms. The molecule has 0 radical (unpaired) electrons. The Labute approximate surface area is 213 Å². The molecule has 184 valence electrons. The van der Waals surface area contributed by atoms with Crippen molar-refractivity contribution in [2.75, 3.05) is 19.1 Å². The lowest BCUT2D eigenvalue weighted by Crippen LogP contribution is -2.47. The Bertz CT molecular complexity index is 1300. The van der Waals surface area contributed by atoms with E-state index in [-0.39, 0.29) is 23.0 Å². The van der Waals surface area contributed by atoms with Crippen molar-refractivity contribution < 1.29 is 23.5 Å². The first kappa shape index (κ1) is 24.8. The van der Waals surface area contributed by atoms with E-state index in [0.29, 0.717) is 26.8 Å². The number of esters is 1. The van der Waals surface area contributed by atoms with Crippen LogP contribution in [0.5, 0.6) is 5.75 Å². The van der Waals surface area contributed by atoms with E-state index < -0.39 is 23.5 Å². The van der Waals surface area contributed by atoms with Gasteiger partial charge in [0.2, 0.25) is 0 Å². The minimum atomic E-state index is -0.902. The van der Waals surface area contributed by atoms with Gasteiger partial charge in [0.05, 0.1) is 14.2 Å². The second-order valence-corrected chi connectivity index (χ2v) is 9.14. The number of tetrazole rings is 1. The number of amides is 1. The highest BCUT2D eigenvalue weighted by atomic mass is 127. The number of methoxy groups -OCH3 is 2. The first-order valence-corrected chi connectivity index (χ1v) is 12.0. The molecule has 3 aromatic rings. The molecule has 1 aliphatic carbocycles. The van der Waals surface area contributed by atoms with Crippen LogP contribution in [0.15, 0.2) is 41.2 Å². The minimum Gasteiger partial charge on any atom is -0.496 e. The van der Waals surface area contributed by atoms with Gasteiger partial charge in [0.1, 0.15) is 22.8 Å².